The molecule has 1 aromatic carbocycles. The molecule has 0 aliphatic heterocycles. The zero-order valence-electron chi connectivity index (χ0n) is 8.33. The highest BCUT2D eigenvalue weighted by Gasteiger charge is 2.05. The van der Waals surface area contributed by atoms with Crippen LogP contribution in [0.3, 0.4) is 0 Å². The van der Waals surface area contributed by atoms with Crippen molar-refractivity contribution >= 4 is 28.4 Å². The molecule has 0 saturated carbocycles. The van der Waals surface area contributed by atoms with Gasteiger partial charge in [-0.25, -0.2) is 0 Å². The summed E-state index contributed by atoms with van der Waals surface area (Å²) in [5.74, 6) is 1.58. The second-order valence-electron chi connectivity index (χ2n) is 3.11. The lowest BCUT2D eigenvalue weighted by molar-refractivity contribution is 0.435. The number of nitrogens with zero attached hydrogens (tertiary/aromatic N) is 1. The van der Waals surface area contributed by atoms with Gasteiger partial charge in [0.05, 0.1) is 0 Å². The Morgan fingerprint density at radius 3 is 2.73 bits per heavy atom. The number of aromatic nitrogens is 1. The summed E-state index contributed by atoms with van der Waals surface area (Å²) >= 11 is 2.28. The van der Waals surface area contributed by atoms with Crippen LogP contribution in [0.4, 0.5) is 5.82 Å². The molecule has 0 aliphatic rings. The maximum atomic E-state index is 5.23. The van der Waals surface area contributed by atoms with Crippen LogP contribution in [0, 0.1) is 3.57 Å². The molecular weight excluding hydrogens is 303 g/mol. The van der Waals surface area contributed by atoms with Gasteiger partial charge in [0.1, 0.15) is 0 Å². The van der Waals surface area contributed by atoms with Crippen LogP contribution in [0.2, 0.25) is 0 Å². The Bertz CT molecular complexity index is 436. The molecule has 0 fully saturated rings. The molecule has 0 unspecified atom stereocenters. The van der Waals surface area contributed by atoms with Crippen molar-refractivity contribution in [2.45, 2.75) is 6.92 Å². The average Bonchev–Trinajstić information content (AvgIpc) is 2.68. The van der Waals surface area contributed by atoms with Crippen LogP contribution in [0.15, 0.2) is 34.9 Å². The van der Waals surface area contributed by atoms with Crippen LogP contribution in [0.5, 0.6) is 0 Å². The standard InChI is InChI=1S/C11H11IN2O/c1-2-13-11-7-10(15-14-11)8-3-5-9(12)6-4-8/h3-7H,2H2,1H3,(H,13,14). The van der Waals surface area contributed by atoms with Crippen LogP contribution in [-0.2, 0) is 0 Å². The zero-order chi connectivity index (χ0) is 10.7. The van der Waals surface area contributed by atoms with Crippen molar-refractivity contribution in [2.75, 3.05) is 11.9 Å². The molecule has 15 heavy (non-hydrogen) atoms. The first-order chi connectivity index (χ1) is 7.29. The van der Waals surface area contributed by atoms with E-state index in [-0.39, 0.29) is 0 Å². The number of hydrogen-bond donors (Lipinski definition) is 1. The molecule has 0 aliphatic carbocycles. The smallest absolute Gasteiger partial charge is 0.170 e. The van der Waals surface area contributed by atoms with E-state index in [9.17, 15) is 0 Å². The minimum absolute atomic E-state index is 0.783. The van der Waals surface area contributed by atoms with E-state index < -0.39 is 0 Å². The molecule has 0 bridgehead atoms. The first-order valence-electron chi connectivity index (χ1n) is 4.76. The monoisotopic (exact) mass is 314 g/mol. The summed E-state index contributed by atoms with van der Waals surface area (Å²) in [5, 5.41) is 7.02. The van der Waals surface area contributed by atoms with Gasteiger partial charge in [-0.15, -0.1) is 0 Å². The van der Waals surface area contributed by atoms with Gasteiger partial charge in [-0.2, -0.15) is 0 Å². The largest absolute Gasteiger partial charge is 0.368 e. The minimum Gasteiger partial charge on any atom is -0.368 e. The lowest BCUT2D eigenvalue weighted by atomic mass is 10.2. The van der Waals surface area contributed by atoms with Gasteiger partial charge in [-0.1, -0.05) is 17.3 Å². The van der Waals surface area contributed by atoms with Crippen molar-refractivity contribution in [1.29, 1.82) is 0 Å². The van der Waals surface area contributed by atoms with Crippen molar-refractivity contribution in [3.63, 3.8) is 0 Å². The van der Waals surface area contributed by atoms with E-state index in [0.29, 0.717) is 0 Å². The third-order valence-corrected chi connectivity index (χ3v) is 2.72. The summed E-state index contributed by atoms with van der Waals surface area (Å²) in [5.41, 5.74) is 1.05. The highest BCUT2D eigenvalue weighted by molar-refractivity contribution is 14.1. The van der Waals surface area contributed by atoms with Gasteiger partial charge in [0.15, 0.2) is 11.6 Å². The Labute approximate surface area is 102 Å². The fourth-order valence-corrected chi connectivity index (χ4v) is 1.65. The van der Waals surface area contributed by atoms with E-state index in [1.165, 1.54) is 3.57 Å². The van der Waals surface area contributed by atoms with E-state index >= 15 is 0 Å². The Morgan fingerprint density at radius 1 is 1.33 bits per heavy atom. The summed E-state index contributed by atoms with van der Waals surface area (Å²) in [6.45, 7) is 2.87. The molecular formula is C11H11IN2O. The van der Waals surface area contributed by atoms with Crippen molar-refractivity contribution in [2.24, 2.45) is 0 Å². The maximum Gasteiger partial charge on any atom is 0.170 e. The normalized spacial score (nSPS) is 10.3. The highest BCUT2D eigenvalue weighted by atomic mass is 127. The predicted octanol–water partition coefficient (Wildman–Crippen LogP) is 3.38. The molecule has 78 valence electrons. The Kier molecular flexibility index (Phi) is 3.25. The van der Waals surface area contributed by atoms with Crippen LogP contribution < -0.4 is 5.32 Å². The maximum absolute atomic E-state index is 5.23. The molecule has 3 nitrogen and oxygen atoms in total. The Hall–Kier alpha value is -1.04. The molecule has 2 rings (SSSR count). The van der Waals surface area contributed by atoms with Crippen LogP contribution in [0.1, 0.15) is 6.92 Å². The van der Waals surface area contributed by atoms with Crippen molar-refractivity contribution < 1.29 is 4.52 Å². The van der Waals surface area contributed by atoms with E-state index in [1.807, 2.05) is 37.3 Å². The first-order valence-corrected chi connectivity index (χ1v) is 5.84. The molecule has 0 saturated heterocycles. The topological polar surface area (TPSA) is 38.1 Å². The van der Waals surface area contributed by atoms with Crippen LogP contribution in [-0.4, -0.2) is 11.7 Å². The Balaban J connectivity index is 2.25. The second kappa shape index (κ2) is 4.65. The number of halogens is 1. The molecule has 2 aromatic rings. The summed E-state index contributed by atoms with van der Waals surface area (Å²) in [6.07, 6.45) is 0. The molecule has 0 atom stereocenters. The SMILES string of the molecule is CCNc1cc(-c2ccc(I)cc2)on1. The molecule has 1 heterocycles. The van der Waals surface area contributed by atoms with E-state index in [2.05, 4.69) is 33.1 Å². The van der Waals surface area contributed by atoms with Gasteiger partial charge in [0.25, 0.3) is 0 Å². The molecule has 4 heteroatoms. The van der Waals surface area contributed by atoms with Crippen LogP contribution >= 0.6 is 22.6 Å². The fraction of sp³-hybridized carbons (Fsp3) is 0.182. The third-order valence-electron chi connectivity index (χ3n) is 2.00. The quantitative estimate of drug-likeness (QED) is 0.883. The first kappa shape index (κ1) is 10.5. The zero-order valence-corrected chi connectivity index (χ0v) is 10.5. The van der Waals surface area contributed by atoms with E-state index in [4.69, 9.17) is 4.52 Å². The van der Waals surface area contributed by atoms with Gasteiger partial charge in [-0.05, 0) is 41.6 Å². The predicted molar refractivity (Wildman–Crippen MR) is 68.8 cm³/mol. The van der Waals surface area contributed by atoms with Gasteiger partial charge in [-0.3, -0.25) is 0 Å². The highest BCUT2D eigenvalue weighted by Crippen LogP contribution is 2.22. The number of rotatable bonds is 3. The number of nitrogens with one attached hydrogen (secondary N) is 1. The third kappa shape index (κ3) is 2.50. The number of hydrogen-bond acceptors (Lipinski definition) is 3. The lowest BCUT2D eigenvalue weighted by Gasteiger charge is -1.94. The van der Waals surface area contributed by atoms with E-state index in [1.54, 1.807) is 0 Å². The molecule has 0 radical (unpaired) electrons. The molecule has 1 N–H and O–H groups in total. The van der Waals surface area contributed by atoms with Crippen molar-refractivity contribution in [3.8, 4) is 11.3 Å². The molecule has 0 amide bonds. The molecule has 0 spiro atoms. The fourth-order valence-electron chi connectivity index (χ4n) is 1.29. The lowest BCUT2D eigenvalue weighted by Crippen LogP contribution is -1.95. The van der Waals surface area contributed by atoms with Crippen molar-refractivity contribution in [1.82, 2.24) is 5.16 Å². The van der Waals surface area contributed by atoms with Crippen molar-refractivity contribution in [3.05, 3.63) is 33.9 Å². The van der Waals surface area contributed by atoms with Crippen LogP contribution in [0.25, 0.3) is 11.3 Å². The van der Waals surface area contributed by atoms with Gasteiger partial charge >= 0.3 is 0 Å². The summed E-state index contributed by atoms with van der Waals surface area (Å²) in [7, 11) is 0. The Morgan fingerprint density at radius 2 is 2.07 bits per heavy atom. The summed E-state index contributed by atoms with van der Waals surface area (Å²) in [4.78, 5) is 0. The van der Waals surface area contributed by atoms with E-state index in [0.717, 1.165) is 23.7 Å². The summed E-state index contributed by atoms with van der Waals surface area (Å²) in [6, 6.07) is 10.1. The number of benzene rings is 1. The van der Waals surface area contributed by atoms with Gasteiger partial charge in [0, 0.05) is 21.7 Å². The second-order valence-corrected chi connectivity index (χ2v) is 4.36. The van der Waals surface area contributed by atoms with Gasteiger partial charge in [0.2, 0.25) is 0 Å². The average molecular weight is 314 g/mol. The number of anilines is 1. The summed E-state index contributed by atoms with van der Waals surface area (Å²) < 4.78 is 6.44. The minimum atomic E-state index is 0.783. The van der Waals surface area contributed by atoms with Gasteiger partial charge < -0.3 is 9.84 Å². The molecule has 1 aromatic heterocycles.